The van der Waals surface area contributed by atoms with Crippen molar-refractivity contribution in [3.05, 3.63) is 59.9 Å². The van der Waals surface area contributed by atoms with Crippen LogP contribution in [-0.4, -0.2) is 32.6 Å². The van der Waals surface area contributed by atoms with Gasteiger partial charge in [-0.15, -0.1) is 0 Å². The van der Waals surface area contributed by atoms with Gasteiger partial charge < -0.3 is 0 Å². The maximum absolute atomic E-state index is 12.9. The largest absolute Gasteiger partial charge is 0.295 e. The van der Waals surface area contributed by atoms with Crippen molar-refractivity contribution >= 4 is 11.7 Å². The number of carbonyl (C=O) groups is 1. The van der Waals surface area contributed by atoms with E-state index < -0.39 is 5.95 Å². The smallest absolute Gasteiger partial charge is 0.231 e. The lowest BCUT2D eigenvalue weighted by Gasteiger charge is -2.15. The first-order chi connectivity index (χ1) is 12.6. The van der Waals surface area contributed by atoms with Crippen molar-refractivity contribution < 1.29 is 9.18 Å². The lowest BCUT2D eigenvalue weighted by atomic mass is 9.99. The highest BCUT2D eigenvalue weighted by atomic mass is 19.1. The summed E-state index contributed by atoms with van der Waals surface area (Å²) in [6, 6.07) is 6.81. The van der Waals surface area contributed by atoms with E-state index in [0.29, 0.717) is 18.8 Å². The Morgan fingerprint density at radius 1 is 1.27 bits per heavy atom. The molecule has 7 heteroatoms. The maximum Gasteiger partial charge on any atom is 0.231 e. The number of anilines is 1. The minimum Gasteiger partial charge on any atom is -0.295 e. The van der Waals surface area contributed by atoms with Crippen LogP contribution < -0.4 is 4.90 Å². The third-order valence-electron chi connectivity index (χ3n) is 4.80. The zero-order chi connectivity index (χ0) is 18.1. The molecular weight excluding hydrogens is 333 g/mol. The third-order valence-corrected chi connectivity index (χ3v) is 4.80. The Balaban J connectivity index is 1.53. The molecule has 0 radical (unpaired) electrons. The van der Waals surface area contributed by atoms with Gasteiger partial charge in [0.2, 0.25) is 11.9 Å². The van der Waals surface area contributed by atoms with E-state index in [0.717, 1.165) is 28.8 Å². The van der Waals surface area contributed by atoms with Crippen LogP contribution in [0.4, 0.5) is 10.2 Å². The van der Waals surface area contributed by atoms with Gasteiger partial charge in [-0.3, -0.25) is 19.8 Å². The first-order valence-electron chi connectivity index (χ1n) is 8.50. The van der Waals surface area contributed by atoms with E-state index in [2.05, 4.69) is 20.2 Å². The van der Waals surface area contributed by atoms with Crippen molar-refractivity contribution in [1.29, 1.82) is 0 Å². The molecule has 132 valence electrons. The molecule has 0 aliphatic carbocycles. The van der Waals surface area contributed by atoms with Crippen LogP contribution in [-0.2, 0) is 11.2 Å². The highest BCUT2D eigenvalue weighted by Crippen LogP contribution is 2.32. The minimum absolute atomic E-state index is 0.0465. The molecule has 1 fully saturated rings. The molecule has 0 spiro atoms. The number of pyridine rings is 2. The number of nitrogens with one attached hydrogen (secondary N) is 1. The van der Waals surface area contributed by atoms with Crippen LogP contribution in [0.2, 0.25) is 0 Å². The monoisotopic (exact) mass is 351 g/mol. The summed E-state index contributed by atoms with van der Waals surface area (Å²) in [6.07, 6.45) is 6.25. The molecular formula is C19H18FN5O. The van der Waals surface area contributed by atoms with Crippen LogP contribution >= 0.6 is 0 Å². The summed E-state index contributed by atoms with van der Waals surface area (Å²) in [5.41, 5.74) is 3.68. The molecule has 0 unspecified atom stereocenters. The van der Waals surface area contributed by atoms with Crippen LogP contribution in [0.5, 0.6) is 0 Å². The number of rotatable bonds is 4. The summed E-state index contributed by atoms with van der Waals surface area (Å²) in [5.74, 6) is 0.0680. The van der Waals surface area contributed by atoms with Crippen LogP contribution in [0, 0.1) is 18.8 Å². The van der Waals surface area contributed by atoms with Crippen molar-refractivity contribution in [2.24, 2.45) is 5.92 Å². The van der Waals surface area contributed by atoms with Gasteiger partial charge in [0.25, 0.3) is 0 Å². The first kappa shape index (κ1) is 16.4. The Bertz CT molecular complexity index is 923. The number of aromatic nitrogens is 4. The van der Waals surface area contributed by atoms with E-state index >= 15 is 0 Å². The molecule has 0 bridgehead atoms. The highest BCUT2D eigenvalue weighted by molar-refractivity contribution is 5.97. The molecule has 1 aliphatic heterocycles. The molecule has 0 aromatic carbocycles. The Hall–Kier alpha value is -3.09. The molecule has 1 atom stereocenters. The summed E-state index contributed by atoms with van der Waals surface area (Å²) >= 11 is 0. The van der Waals surface area contributed by atoms with Gasteiger partial charge in [-0.25, -0.2) is 4.98 Å². The molecule has 0 saturated carbocycles. The van der Waals surface area contributed by atoms with Crippen molar-refractivity contribution in [3.63, 3.8) is 0 Å². The number of hydrogen-bond donors (Lipinski definition) is 1. The molecule has 1 N–H and O–H groups in total. The number of H-pyrrole nitrogens is 1. The summed E-state index contributed by atoms with van der Waals surface area (Å²) < 4.78 is 12.9. The van der Waals surface area contributed by atoms with Gasteiger partial charge in [0, 0.05) is 42.2 Å². The Labute approximate surface area is 150 Å². The zero-order valence-electron chi connectivity index (χ0n) is 14.3. The van der Waals surface area contributed by atoms with Gasteiger partial charge in [0.05, 0.1) is 5.69 Å². The lowest BCUT2D eigenvalue weighted by Crippen LogP contribution is -2.28. The van der Waals surface area contributed by atoms with Crippen molar-refractivity contribution in [2.45, 2.75) is 19.8 Å². The molecule has 26 heavy (non-hydrogen) atoms. The number of aromatic amines is 1. The summed E-state index contributed by atoms with van der Waals surface area (Å²) in [6.45, 7) is 2.58. The van der Waals surface area contributed by atoms with Gasteiger partial charge in [0.15, 0.2) is 5.82 Å². The Morgan fingerprint density at radius 2 is 2.08 bits per heavy atom. The number of amides is 1. The maximum atomic E-state index is 12.9. The number of halogens is 1. The van der Waals surface area contributed by atoms with Crippen LogP contribution in [0.15, 0.2) is 42.9 Å². The van der Waals surface area contributed by atoms with E-state index in [1.54, 1.807) is 23.4 Å². The van der Waals surface area contributed by atoms with Gasteiger partial charge in [-0.05, 0) is 43.5 Å². The fourth-order valence-electron chi connectivity index (χ4n) is 3.40. The second-order valence-electron chi connectivity index (χ2n) is 6.45. The van der Waals surface area contributed by atoms with Gasteiger partial charge in [-0.2, -0.15) is 9.49 Å². The molecule has 1 amide bonds. The van der Waals surface area contributed by atoms with E-state index in [1.165, 1.54) is 12.3 Å². The van der Waals surface area contributed by atoms with Gasteiger partial charge in [0.1, 0.15) is 0 Å². The molecule has 4 heterocycles. The topological polar surface area (TPSA) is 74.8 Å². The first-order valence-corrected chi connectivity index (χ1v) is 8.50. The van der Waals surface area contributed by atoms with Crippen molar-refractivity contribution in [1.82, 2.24) is 20.2 Å². The average Bonchev–Trinajstić information content (AvgIpc) is 3.21. The molecule has 6 nitrogen and oxygen atoms in total. The zero-order valence-corrected chi connectivity index (χ0v) is 14.3. The van der Waals surface area contributed by atoms with E-state index in [1.807, 2.05) is 19.1 Å². The minimum atomic E-state index is -0.510. The molecule has 3 aromatic rings. The van der Waals surface area contributed by atoms with E-state index in [-0.39, 0.29) is 11.8 Å². The fourth-order valence-corrected chi connectivity index (χ4v) is 3.40. The van der Waals surface area contributed by atoms with Crippen LogP contribution in [0.1, 0.15) is 17.5 Å². The second-order valence-corrected chi connectivity index (χ2v) is 6.45. The molecule has 1 aliphatic rings. The lowest BCUT2D eigenvalue weighted by molar-refractivity contribution is -0.120. The van der Waals surface area contributed by atoms with Crippen LogP contribution in [0.3, 0.4) is 0 Å². The van der Waals surface area contributed by atoms with Crippen LogP contribution in [0.25, 0.3) is 11.3 Å². The molecule has 1 saturated heterocycles. The van der Waals surface area contributed by atoms with Crippen molar-refractivity contribution in [2.75, 3.05) is 11.4 Å². The predicted molar refractivity (Wildman–Crippen MR) is 94.9 cm³/mol. The molecule has 3 aromatic heterocycles. The highest BCUT2D eigenvalue weighted by Gasteiger charge is 2.35. The summed E-state index contributed by atoms with van der Waals surface area (Å²) in [4.78, 5) is 22.3. The third kappa shape index (κ3) is 2.96. The average molecular weight is 351 g/mol. The number of carbonyl (C=O) groups excluding carboxylic acids is 1. The normalized spacial score (nSPS) is 17.1. The Kier molecular flexibility index (Phi) is 4.20. The summed E-state index contributed by atoms with van der Waals surface area (Å²) in [7, 11) is 0. The number of hydrogen-bond acceptors (Lipinski definition) is 4. The Morgan fingerprint density at radius 3 is 2.81 bits per heavy atom. The predicted octanol–water partition coefficient (Wildman–Crippen LogP) is 2.91. The quantitative estimate of drug-likeness (QED) is 0.734. The second kappa shape index (κ2) is 6.67. The standard InChI is InChI=1S/C19H18FN5O/c1-12-17(14-4-7-21-8-5-14)23-24-18(12)25-9-6-15(19(25)26)10-13-2-3-16(20)22-11-13/h2-5,7-8,11,15H,6,9-10H2,1H3,(H,23,24)/t15-/m0/s1. The molecule has 4 rings (SSSR count). The number of nitrogens with zero attached hydrogens (tertiary/aromatic N) is 4. The van der Waals surface area contributed by atoms with E-state index in [9.17, 15) is 9.18 Å². The van der Waals surface area contributed by atoms with Gasteiger partial charge in [-0.1, -0.05) is 6.07 Å². The summed E-state index contributed by atoms with van der Waals surface area (Å²) in [5, 5.41) is 7.41. The fraction of sp³-hybridized carbons (Fsp3) is 0.263. The van der Waals surface area contributed by atoms with Crippen molar-refractivity contribution in [3.8, 4) is 11.3 Å². The van der Waals surface area contributed by atoms with Gasteiger partial charge >= 0.3 is 0 Å². The SMILES string of the molecule is Cc1c(N2CC[C@@H](Cc3ccc(F)nc3)C2=O)n[nH]c1-c1ccncc1. The van der Waals surface area contributed by atoms with E-state index in [4.69, 9.17) is 0 Å².